The molecular formula is C30H39N5O3. The van der Waals surface area contributed by atoms with Crippen molar-refractivity contribution in [3.63, 3.8) is 0 Å². The van der Waals surface area contributed by atoms with Crippen LogP contribution in [0.5, 0.6) is 0 Å². The summed E-state index contributed by atoms with van der Waals surface area (Å²) >= 11 is 0. The number of aromatic amines is 1. The van der Waals surface area contributed by atoms with E-state index in [9.17, 15) is 4.79 Å². The molecule has 2 fully saturated rings. The van der Waals surface area contributed by atoms with E-state index in [0.29, 0.717) is 19.8 Å². The van der Waals surface area contributed by atoms with Crippen molar-refractivity contribution >= 4 is 17.2 Å². The van der Waals surface area contributed by atoms with Crippen LogP contribution in [-0.2, 0) is 15.1 Å². The lowest BCUT2D eigenvalue weighted by molar-refractivity contribution is -0.119. The zero-order valence-corrected chi connectivity index (χ0v) is 22.6. The van der Waals surface area contributed by atoms with Gasteiger partial charge in [0, 0.05) is 43.9 Å². The molecular weight excluding hydrogens is 478 g/mol. The molecule has 1 aliphatic carbocycles. The number of imidazole rings is 1. The van der Waals surface area contributed by atoms with Gasteiger partial charge in [-0.15, -0.1) is 0 Å². The lowest BCUT2D eigenvalue weighted by Gasteiger charge is -2.39. The van der Waals surface area contributed by atoms with E-state index >= 15 is 0 Å². The van der Waals surface area contributed by atoms with Crippen LogP contribution in [0.2, 0.25) is 0 Å². The second-order valence-corrected chi connectivity index (χ2v) is 11.6. The predicted molar refractivity (Wildman–Crippen MR) is 147 cm³/mol. The Hall–Kier alpha value is -2.99. The van der Waals surface area contributed by atoms with E-state index in [2.05, 4.69) is 52.2 Å². The second-order valence-electron chi connectivity index (χ2n) is 11.6. The minimum Gasteiger partial charge on any atom is -0.381 e. The number of nitriles is 1. The average molecular weight is 518 g/mol. The number of allylic oxidation sites excluding steroid dienone is 2. The van der Waals surface area contributed by atoms with Gasteiger partial charge in [-0.2, -0.15) is 5.26 Å². The number of hydrogen-bond acceptors (Lipinski definition) is 6. The van der Waals surface area contributed by atoms with E-state index < -0.39 is 5.60 Å². The molecule has 2 saturated heterocycles. The number of aromatic nitrogens is 2. The summed E-state index contributed by atoms with van der Waals surface area (Å²) in [4.78, 5) is 22.3. The highest BCUT2D eigenvalue weighted by Gasteiger charge is 2.37. The maximum Gasteiger partial charge on any atom is 0.291 e. The SMILES string of the molecule is CC1(C)CC=C(c2cc(C3(OCCN4CCCC4)CCOCC3)ccc2NC(=O)c2ncc(C#N)[nH]2)CC1. The number of benzene rings is 1. The average Bonchev–Trinajstić information content (AvgIpc) is 3.62. The molecule has 38 heavy (non-hydrogen) atoms. The summed E-state index contributed by atoms with van der Waals surface area (Å²) in [7, 11) is 0. The van der Waals surface area contributed by atoms with Crippen LogP contribution in [0.15, 0.2) is 30.5 Å². The third kappa shape index (κ3) is 6.01. The lowest BCUT2D eigenvalue weighted by atomic mass is 9.76. The Balaban J connectivity index is 1.45. The first-order valence-corrected chi connectivity index (χ1v) is 13.9. The van der Waals surface area contributed by atoms with E-state index in [1.165, 1.54) is 24.6 Å². The Bertz CT molecular complexity index is 1210. The molecule has 0 saturated carbocycles. The predicted octanol–water partition coefficient (Wildman–Crippen LogP) is 5.25. The maximum atomic E-state index is 13.0. The molecule has 0 radical (unpaired) electrons. The molecule has 3 aliphatic rings. The van der Waals surface area contributed by atoms with Gasteiger partial charge in [0.05, 0.1) is 18.4 Å². The number of carbonyl (C=O) groups is 1. The number of carbonyl (C=O) groups excluding carboxylic acids is 1. The monoisotopic (exact) mass is 517 g/mol. The minimum atomic E-state index is -0.396. The number of rotatable bonds is 8. The van der Waals surface area contributed by atoms with Crippen LogP contribution in [0, 0.1) is 16.7 Å². The normalized spacial score (nSPS) is 21.0. The number of anilines is 1. The van der Waals surface area contributed by atoms with E-state index in [4.69, 9.17) is 14.7 Å². The van der Waals surface area contributed by atoms with Crippen molar-refractivity contribution in [3.8, 4) is 6.07 Å². The molecule has 2 aliphatic heterocycles. The molecule has 0 bridgehead atoms. The fourth-order valence-corrected chi connectivity index (χ4v) is 5.79. The third-order valence-corrected chi connectivity index (χ3v) is 8.31. The molecule has 1 aromatic carbocycles. The van der Waals surface area contributed by atoms with Gasteiger partial charge in [-0.3, -0.25) is 4.79 Å². The number of likely N-dealkylation sites (tertiary alicyclic amines) is 1. The molecule has 3 heterocycles. The van der Waals surface area contributed by atoms with Crippen LogP contribution >= 0.6 is 0 Å². The van der Waals surface area contributed by atoms with Gasteiger partial charge in [0.15, 0.2) is 5.82 Å². The van der Waals surface area contributed by atoms with E-state index in [1.54, 1.807) is 0 Å². The van der Waals surface area contributed by atoms with Gasteiger partial charge in [0.1, 0.15) is 11.8 Å². The van der Waals surface area contributed by atoms with Crippen molar-refractivity contribution in [3.05, 3.63) is 53.1 Å². The Morgan fingerprint density at radius 3 is 2.71 bits per heavy atom. The fraction of sp³-hybridized carbons (Fsp3) is 0.567. The third-order valence-electron chi connectivity index (χ3n) is 8.31. The fourth-order valence-electron chi connectivity index (χ4n) is 5.79. The Morgan fingerprint density at radius 2 is 2.03 bits per heavy atom. The molecule has 2 N–H and O–H groups in total. The number of amides is 1. The van der Waals surface area contributed by atoms with Gasteiger partial charge in [0.25, 0.3) is 5.91 Å². The van der Waals surface area contributed by atoms with Crippen molar-refractivity contribution in [2.45, 2.75) is 64.4 Å². The number of hydrogen-bond donors (Lipinski definition) is 2. The molecule has 202 valence electrons. The molecule has 8 nitrogen and oxygen atoms in total. The molecule has 0 spiro atoms. The first-order valence-electron chi connectivity index (χ1n) is 13.9. The molecule has 8 heteroatoms. The van der Waals surface area contributed by atoms with Gasteiger partial charge < -0.3 is 24.7 Å². The molecule has 0 atom stereocenters. The van der Waals surface area contributed by atoms with Crippen LogP contribution in [-0.4, -0.2) is 60.2 Å². The first kappa shape index (κ1) is 26.6. The smallest absolute Gasteiger partial charge is 0.291 e. The molecule has 1 amide bonds. The summed E-state index contributed by atoms with van der Waals surface area (Å²) in [6.45, 7) is 9.93. The van der Waals surface area contributed by atoms with Crippen LogP contribution < -0.4 is 5.32 Å². The number of nitrogens with zero attached hydrogens (tertiary/aromatic N) is 3. The zero-order valence-electron chi connectivity index (χ0n) is 22.6. The quantitative estimate of drug-likeness (QED) is 0.496. The summed E-state index contributed by atoms with van der Waals surface area (Å²) < 4.78 is 12.5. The van der Waals surface area contributed by atoms with Crippen LogP contribution in [0.25, 0.3) is 5.57 Å². The van der Waals surface area contributed by atoms with E-state index in [-0.39, 0.29) is 22.8 Å². The highest BCUT2D eigenvalue weighted by molar-refractivity contribution is 6.03. The van der Waals surface area contributed by atoms with Gasteiger partial charge >= 0.3 is 0 Å². The highest BCUT2D eigenvalue weighted by Crippen LogP contribution is 2.43. The second kappa shape index (κ2) is 11.4. The van der Waals surface area contributed by atoms with Crippen molar-refractivity contribution < 1.29 is 14.3 Å². The van der Waals surface area contributed by atoms with Gasteiger partial charge in [-0.1, -0.05) is 26.0 Å². The van der Waals surface area contributed by atoms with Crippen LogP contribution in [0.3, 0.4) is 0 Å². The Labute approximate surface area is 225 Å². The summed E-state index contributed by atoms with van der Waals surface area (Å²) in [6.07, 6.45) is 10.9. The van der Waals surface area contributed by atoms with Crippen LogP contribution in [0.4, 0.5) is 5.69 Å². The summed E-state index contributed by atoms with van der Waals surface area (Å²) in [5.74, 6) is -0.235. The summed E-state index contributed by atoms with van der Waals surface area (Å²) in [5, 5.41) is 12.1. The minimum absolute atomic E-state index is 0.126. The molecule has 5 rings (SSSR count). The molecule has 1 aromatic heterocycles. The topological polar surface area (TPSA) is 103 Å². The summed E-state index contributed by atoms with van der Waals surface area (Å²) in [5.41, 5.74) is 4.31. The van der Waals surface area contributed by atoms with Gasteiger partial charge in [-0.25, -0.2) is 4.98 Å². The van der Waals surface area contributed by atoms with Gasteiger partial charge in [-0.05, 0) is 73.9 Å². The Morgan fingerprint density at radius 1 is 1.24 bits per heavy atom. The van der Waals surface area contributed by atoms with Crippen molar-refractivity contribution in [2.24, 2.45) is 5.41 Å². The molecule has 2 aromatic rings. The maximum absolute atomic E-state index is 13.0. The van der Waals surface area contributed by atoms with Crippen LogP contribution in [0.1, 0.15) is 86.2 Å². The number of nitrogens with one attached hydrogen (secondary N) is 2. The van der Waals surface area contributed by atoms with Crippen molar-refractivity contribution in [1.82, 2.24) is 14.9 Å². The number of ether oxygens (including phenoxy) is 2. The number of H-pyrrole nitrogens is 1. The Kier molecular flexibility index (Phi) is 7.98. The van der Waals surface area contributed by atoms with Crippen molar-refractivity contribution in [2.75, 3.05) is 44.8 Å². The van der Waals surface area contributed by atoms with E-state index in [1.807, 2.05) is 12.1 Å². The first-order chi connectivity index (χ1) is 18.4. The molecule has 0 unspecified atom stereocenters. The zero-order chi connectivity index (χ0) is 26.6. The highest BCUT2D eigenvalue weighted by atomic mass is 16.5. The lowest BCUT2D eigenvalue weighted by Crippen LogP contribution is -2.39. The van der Waals surface area contributed by atoms with E-state index in [0.717, 1.165) is 68.6 Å². The summed E-state index contributed by atoms with van der Waals surface area (Å²) in [6, 6.07) is 8.30. The largest absolute Gasteiger partial charge is 0.381 e. The van der Waals surface area contributed by atoms with Crippen molar-refractivity contribution in [1.29, 1.82) is 5.26 Å². The van der Waals surface area contributed by atoms with Gasteiger partial charge in [0.2, 0.25) is 0 Å². The standard InChI is InChI=1S/C30H39N5O3/c1-29(2)9-7-22(8-10-29)25-19-23(5-6-26(25)34-28(36)27-32-21-24(20-31)33-27)30(11-16-37-17-12-30)38-18-15-35-13-3-4-14-35/h5-7,19,21H,3-4,8-18H2,1-2H3,(H,32,33)(H,34,36).